The topological polar surface area (TPSA) is 50.5 Å². The number of hydrogen-bond donors (Lipinski definition) is 1. The lowest BCUT2D eigenvalue weighted by molar-refractivity contribution is 0.475. The molecule has 0 aliphatic rings. The summed E-state index contributed by atoms with van der Waals surface area (Å²) in [5.41, 5.74) is 3.79. The minimum absolute atomic E-state index is 0.182. The maximum Gasteiger partial charge on any atom is 0.132 e. The summed E-state index contributed by atoms with van der Waals surface area (Å²) < 4.78 is 0. The highest BCUT2D eigenvalue weighted by Crippen LogP contribution is 2.40. The molecule has 0 radical (unpaired) electrons. The molecule has 0 saturated heterocycles. The molecule has 0 fully saturated rings. The van der Waals surface area contributed by atoms with Gasteiger partial charge in [-0.25, -0.2) is 0 Å². The fourth-order valence-electron chi connectivity index (χ4n) is 3.42. The summed E-state index contributed by atoms with van der Waals surface area (Å²) in [6.45, 7) is 0. The van der Waals surface area contributed by atoms with Gasteiger partial charge in [0.25, 0.3) is 0 Å². The van der Waals surface area contributed by atoms with Crippen molar-refractivity contribution >= 4 is 11.4 Å². The van der Waals surface area contributed by atoms with Crippen LogP contribution in [0.15, 0.2) is 72.8 Å². The van der Waals surface area contributed by atoms with Crippen molar-refractivity contribution in [3.8, 4) is 11.8 Å². The smallest absolute Gasteiger partial charge is 0.132 e. The van der Waals surface area contributed by atoms with Gasteiger partial charge in [-0.2, -0.15) is 5.26 Å². The van der Waals surface area contributed by atoms with E-state index in [4.69, 9.17) is 0 Å². The van der Waals surface area contributed by atoms with E-state index in [0.29, 0.717) is 0 Å². The molecule has 0 aliphatic carbocycles. The maximum absolute atomic E-state index is 10.4. The predicted molar refractivity (Wildman–Crippen MR) is 115 cm³/mol. The molecular weight excluding hydrogens is 346 g/mol. The molecule has 3 aromatic rings. The van der Waals surface area contributed by atoms with Gasteiger partial charge in [0.2, 0.25) is 0 Å². The molecule has 0 saturated carbocycles. The summed E-state index contributed by atoms with van der Waals surface area (Å²) in [7, 11) is 7.97. The highest BCUT2D eigenvalue weighted by molar-refractivity contribution is 5.61. The van der Waals surface area contributed by atoms with Crippen LogP contribution in [0.3, 0.4) is 0 Å². The Hall–Kier alpha value is -3.45. The maximum atomic E-state index is 10.4. The van der Waals surface area contributed by atoms with E-state index in [1.807, 2.05) is 98.7 Å². The number of phenols is 1. The fourth-order valence-corrected chi connectivity index (χ4v) is 3.42. The van der Waals surface area contributed by atoms with Crippen LogP contribution in [-0.4, -0.2) is 33.3 Å². The number of benzene rings is 3. The van der Waals surface area contributed by atoms with Gasteiger partial charge in [0.1, 0.15) is 11.2 Å². The Balaban J connectivity index is 2.23. The molecule has 0 bridgehead atoms. The lowest BCUT2D eigenvalue weighted by Gasteiger charge is -2.29. The summed E-state index contributed by atoms with van der Waals surface area (Å²) in [5.74, 6) is 0.182. The zero-order chi connectivity index (χ0) is 20.3. The van der Waals surface area contributed by atoms with Gasteiger partial charge < -0.3 is 14.9 Å². The third kappa shape index (κ3) is 3.39. The van der Waals surface area contributed by atoms with E-state index in [9.17, 15) is 10.4 Å². The number of rotatable bonds is 5. The predicted octanol–water partition coefficient (Wildman–Crippen LogP) is 4.38. The van der Waals surface area contributed by atoms with Crippen LogP contribution in [0.25, 0.3) is 0 Å². The highest BCUT2D eigenvalue weighted by atomic mass is 16.3. The molecule has 0 amide bonds. The van der Waals surface area contributed by atoms with Gasteiger partial charge in [0, 0.05) is 39.6 Å². The SMILES string of the molecule is CN(C)c1ccc(C(C#N)(c2ccc(O)cc2)c2ccc(N(C)C)cc2)cc1. The van der Waals surface area contributed by atoms with Gasteiger partial charge in [-0.05, 0) is 53.1 Å². The molecule has 0 heterocycles. The number of anilines is 2. The number of aromatic hydroxyl groups is 1. The van der Waals surface area contributed by atoms with E-state index in [1.165, 1.54) is 0 Å². The van der Waals surface area contributed by atoms with Crippen molar-refractivity contribution in [1.29, 1.82) is 5.26 Å². The normalized spacial score (nSPS) is 11.0. The van der Waals surface area contributed by atoms with Crippen molar-refractivity contribution < 1.29 is 5.11 Å². The van der Waals surface area contributed by atoms with E-state index < -0.39 is 5.41 Å². The number of hydrogen-bond acceptors (Lipinski definition) is 4. The third-order valence-corrected chi connectivity index (χ3v) is 5.10. The van der Waals surface area contributed by atoms with Crippen LogP contribution in [0.1, 0.15) is 16.7 Å². The number of nitrogens with zero attached hydrogens (tertiary/aromatic N) is 3. The van der Waals surface area contributed by atoms with Gasteiger partial charge in [-0.15, -0.1) is 0 Å². The van der Waals surface area contributed by atoms with E-state index in [-0.39, 0.29) is 5.75 Å². The molecule has 3 rings (SSSR count). The van der Waals surface area contributed by atoms with Crippen LogP contribution in [0, 0.1) is 11.3 Å². The fraction of sp³-hybridized carbons (Fsp3) is 0.208. The quantitative estimate of drug-likeness (QED) is 0.676. The third-order valence-electron chi connectivity index (χ3n) is 5.10. The minimum atomic E-state index is -0.969. The van der Waals surface area contributed by atoms with Gasteiger partial charge in [0.05, 0.1) is 6.07 Å². The first-order valence-electron chi connectivity index (χ1n) is 9.15. The van der Waals surface area contributed by atoms with Gasteiger partial charge in [-0.3, -0.25) is 0 Å². The monoisotopic (exact) mass is 371 g/mol. The zero-order valence-electron chi connectivity index (χ0n) is 16.7. The summed E-state index contributed by atoms with van der Waals surface area (Å²) >= 11 is 0. The Labute approximate surface area is 166 Å². The van der Waals surface area contributed by atoms with Gasteiger partial charge in [-0.1, -0.05) is 36.4 Å². The Morgan fingerprint density at radius 3 is 1.25 bits per heavy atom. The first-order chi connectivity index (χ1) is 13.4. The average molecular weight is 371 g/mol. The summed E-state index contributed by atoms with van der Waals surface area (Å²) in [5, 5.41) is 20.2. The zero-order valence-corrected chi connectivity index (χ0v) is 16.7. The molecule has 1 N–H and O–H groups in total. The van der Waals surface area contributed by atoms with Crippen molar-refractivity contribution in [2.24, 2.45) is 0 Å². The molecular formula is C24H25N3O. The number of phenolic OH excluding ortho intramolecular Hbond substituents is 1. The first-order valence-corrected chi connectivity index (χ1v) is 9.15. The Bertz CT molecular complexity index is 915. The van der Waals surface area contributed by atoms with Crippen LogP contribution in [0.2, 0.25) is 0 Å². The molecule has 28 heavy (non-hydrogen) atoms. The van der Waals surface area contributed by atoms with Crippen LogP contribution in [0.4, 0.5) is 11.4 Å². The minimum Gasteiger partial charge on any atom is -0.508 e. The van der Waals surface area contributed by atoms with Crippen molar-refractivity contribution in [2.75, 3.05) is 38.0 Å². The lowest BCUT2D eigenvalue weighted by atomic mass is 9.70. The van der Waals surface area contributed by atoms with E-state index >= 15 is 0 Å². The molecule has 3 aromatic carbocycles. The Morgan fingerprint density at radius 1 is 0.643 bits per heavy atom. The first kappa shape index (κ1) is 19.3. The standard InChI is InChI=1S/C24H25N3O/c1-26(2)21-11-5-18(6-12-21)24(17-25,20-9-15-23(28)16-10-20)19-7-13-22(14-8-19)27(3)4/h5-16,28H,1-4H3. The average Bonchev–Trinajstić information content (AvgIpc) is 2.71. The van der Waals surface area contributed by atoms with Crippen molar-refractivity contribution in [3.63, 3.8) is 0 Å². The van der Waals surface area contributed by atoms with Crippen LogP contribution in [0.5, 0.6) is 5.75 Å². The van der Waals surface area contributed by atoms with E-state index in [0.717, 1.165) is 28.1 Å². The second-order valence-corrected chi connectivity index (χ2v) is 7.29. The summed E-state index contributed by atoms with van der Waals surface area (Å²) in [6.07, 6.45) is 0. The van der Waals surface area contributed by atoms with Crippen molar-refractivity contribution in [1.82, 2.24) is 0 Å². The molecule has 0 unspecified atom stereocenters. The van der Waals surface area contributed by atoms with Crippen LogP contribution < -0.4 is 9.80 Å². The molecule has 4 heteroatoms. The van der Waals surface area contributed by atoms with Crippen LogP contribution in [-0.2, 0) is 5.41 Å². The van der Waals surface area contributed by atoms with Crippen LogP contribution >= 0.6 is 0 Å². The van der Waals surface area contributed by atoms with Gasteiger partial charge >= 0.3 is 0 Å². The molecule has 0 aliphatic heterocycles. The summed E-state index contributed by atoms with van der Waals surface area (Å²) in [6, 6.07) is 25.6. The second-order valence-electron chi connectivity index (χ2n) is 7.29. The molecule has 142 valence electrons. The van der Waals surface area contributed by atoms with Gasteiger partial charge in [0.15, 0.2) is 0 Å². The Morgan fingerprint density at radius 2 is 0.964 bits per heavy atom. The van der Waals surface area contributed by atoms with E-state index in [1.54, 1.807) is 12.1 Å². The van der Waals surface area contributed by atoms with Crippen molar-refractivity contribution in [3.05, 3.63) is 89.5 Å². The highest BCUT2D eigenvalue weighted by Gasteiger charge is 2.36. The number of nitriles is 1. The Kier molecular flexibility index (Phi) is 5.28. The second kappa shape index (κ2) is 7.66. The lowest BCUT2D eigenvalue weighted by Crippen LogP contribution is -2.27. The molecule has 0 atom stereocenters. The molecule has 0 spiro atoms. The largest absolute Gasteiger partial charge is 0.508 e. The van der Waals surface area contributed by atoms with E-state index in [2.05, 4.69) is 6.07 Å². The van der Waals surface area contributed by atoms with Crippen molar-refractivity contribution in [2.45, 2.75) is 5.41 Å². The molecule has 4 nitrogen and oxygen atoms in total. The summed E-state index contributed by atoms with van der Waals surface area (Å²) in [4.78, 5) is 4.06. The molecule has 0 aromatic heterocycles.